The second-order valence-corrected chi connectivity index (χ2v) is 3.78. The SMILES string of the molecule is Cc1c(C(C)C)cc(C(F)(F)F)n1C. The van der Waals surface area contributed by atoms with Crippen molar-refractivity contribution in [3.63, 3.8) is 0 Å². The first-order valence-corrected chi connectivity index (χ1v) is 4.48. The van der Waals surface area contributed by atoms with Crippen molar-refractivity contribution in [1.29, 1.82) is 0 Å². The Morgan fingerprint density at radius 3 is 2.00 bits per heavy atom. The van der Waals surface area contributed by atoms with Crippen molar-refractivity contribution in [3.05, 3.63) is 23.0 Å². The lowest BCUT2D eigenvalue weighted by molar-refractivity contribution is -0.143. The molecule has 0 fully saturated rings. The van der Waals surface area contributed by atoms with Crippen LogP contribution in [0.4, 0.5) is 13.2 Å². The fraction of sp³-hybridized carbons (Fsp3) is 0.600. The summed E-state index contributed by atoms with van der Waals surface area (Å²) < 4.78 is 38.7. The molecule has 0 unspecified atom stereocenters. The van der Waals surface area contributed by atoms with E-state index in [0.717, 1.165) is 5.56 Å². The molecule has 0 saturated heterocycles. The zero-order valence-electron chi connectivity index (χ0n) is 8.74. The van der Waals surface area contributed by atoms with Gasteiger partial charge in [0.05, 0.1) is 0 Å². The third kappa shape index (κ3) is 1.79. The monoisotopic (exact) mass is 205 g/mol. The van der Waals surface area contributed by atoms with Crippen LogP contribution in [0.3, 0.4) is 0 Å². The summed E-state index contributed by atoms with van der Waals surface area (Å²) in [4.78, 5) is 0. The minimum Gasteiger partial charge on any atom is -0.344 e. The topological polar surface area (TPSA) is 4.93 Å². The predicted octanol–water partition coefficient (Wildman–Crippen LogP) is 3.48. The Labute approximate surface area is 81.5 Å². The molecule has 1 rings (SSSR count). The third-order valence-corrected chi connectivity index (χ3v) is 2.49. The number of alkyl halides is 3. The van der Waals surface area contributed by atoms with Crippen LogP contribution in [0.15, 0.2) is 6.07 Å². The van der Waals surface area contributed by atoms with Crippen LogP contribution in [-0.2, 0) is 13.2 Å². The van der Waals surface area contributed by atoms with E-state index in [-0.39, 0.29) is 5.92 Å². The predicted molar refractivity (Wildman–Crippen MR) is 49.2 cm³/mol. The van der Waals surface area contributed by atoms with Crippen LogP contribution in [0.25, 0.3) is 0 Å². The van der Waals surface area contributed by atoms with E-state index >= 15 is 0 Å². The summed E-state index contributed by atoms with van der Waals surface area (Å²) in [6.45, 7) is 5.50. The Morgan fingerprint density at radius 2 is 1.79 bits per heavy atom. The lowest BCUT2D eigenvalue weighted by Crippen LogP contribution is -2.11. The Kier molecular flexibility index (Phi) is 2.65. The van der Waals surface area contributed by atoms with Crippen molar-refractivity contribution in [2.24, 2.45) is 7.05 Å². The van der Waals surface area contributed by atoms with Crippen molar-refractivity contribution in [3.8, 4) is 0 Å². The van der Waals surface area contributed by atoms with Gasteiger partial charge in [-0.25, -0.2) is 0 Å². The molecule has 14 heavy (non-hydrogen) atoms. The molecule has 1 nitrogen and oxygen atoms in total. The molecule has 1 aromatic rings. The Morgan fingerprint density at radius 1 is 1.29 bits per heavy atom. The summed E-state index contributed by atoms with van der Waals surface area (Å²) in [5.74, 6) is 0.122. The minimum absolute atomic E-state index is 0.122. The number of rotatable bonds is 1. The van der Waals surface area contributed by atoms with Gasteiger partial charge in [-0.1, -0.05) is 13.8 Å². The molecular weight excluding hydrogens is 191 g/mol. The van der Waals surface area contributed by atoms with Crippen LogP contribution in [0.5, 0.6) is 0 Å². The number of aromatic nitrogens is 1. The number of nitrogens with zero attached hydrogens (tertiary/aromatic N) is 1. The normalized spacial score (nSPS) is 12.6. The van der Waals surface area contributed by atoms with Crippen LogP contribution in [-0.4, -0.2) is 4.57 Å². The van der Waals surface area contributed by atoms with Crippen molar-refractivity contribution < 1.29 is 13.2 Å². The molecule has 0 saturated carbocycles. The smallest absolute Gasteiger partial charge is 0.344 e. The van der Waals surface area contributed by atoms with Gasteiger partial charge in [0.2, 0.25) is 0 Å². The first kappa shape index (κ1) is 11.1. The minimum atomic E-state index is -4.26. The molecular formula is C10H14F3N. The highest BCUT2D eigenvalue weighted by Gasteiger charge is 2.35. The molecule has 0 spiro atoms. The summed E-state index contributed by atoms with van der Waals surface area (Å²) in [5.41, 5.74) is 0.880. The first-order chi connectivity index (χ1) is 6.25. The third-order valence-electron chi connectivity index (χ3n) is 2.49. The van der Waals surface area contributed by atoms with E-state index in [1.54, 1.807) is 6.92 Å². The van der Waals surface area contributed by atoms with Crippen molar-refractivity contribution in [1.82, 2.24) is 4.57 Å². The second-order valence-electron chi connectivity index (χ2n) is 3.78. The van der Waals surface area contributed by atoms with Gasteiger partial charge in [-0.2, -0.15) is 13.2 Å². The lowest BCUT2D eigenvalue weighted by atomic mass is 10.0. The summed E-state index contributed by atoms with van der Waals surface area (Å²) in [7, 11) is 1.45. The van der Waals surface area contributed by atoms with Gasteiger partial charge in [-0.15, -0.1) is 0 Å². The van der Waals surface area contributed by atoms with E-state index in [1.165, 1.54) is 17.7 Å². The molecule has 0 atom stereocenters. The van der Waals surface area contributed by atoms with E-state index < -0.39 is 11.9 Å². The van der Waals surface area contributed by atoms with E-state index in [4.69, 9.17) is 0 Å². The summed E-state index contributed by atoms with van der Waals surface area (Å²) in [5, 5.41) is 0. The van der Waals surface area contributed by atoms with E-state index in [1.807, 2.05) is 13.8 Å². The molecule has 0 aliphatic rings. The Bertz CT molecular complexity index is 334. The summed E-state index contributed by atoms with van der Waals surface area (Å²) in [6.07, 6.45) is -4.26. The van der Waals surface area contributed by atoms with E-state index in [9.17, 15) is 13.2 Å². The van der Waals surface area contributed by atoms with Crippen molar-refractivity contribution in [2.75, 3.05) is 0 Å². The van der Waals surface area contributed by atoms with Crippen LogP contribution in [0, 0.1) is 6.92 Å². The highest BCUT2D eigenvalue weighted by Crippen LogP contribution is 2.33. The molecule has 1 aromatic heterocycles. The second kappa shape index (κ2) is 3.33. The van der Waals surface area contributed by atoms with Gasteiger partial charge in [0.1, 0.15) is 5.69 Å². The largest absolute Gasteiger partial charge is 0.431 e. The molecule has 0 aromatic carbocycles. The van der Waals surface area contributed by atoms with Crippen LogP contribution < -0.4 is 0 Å². The zero-order chi connectivity index (χ0) is 11.1. The Hall–Kier alpha value is -0.930. The van der Waals surface area contributed by atoms with Gasteiger partial charge >= 0.3 is 6.18 Å². The maximum Gasteiger partial charge on any atom is 0.431 e. The molecule has 0 radical (unpaired) electrons. The van der Waals surface area contributed by atoms with Gasteiger partial charge in [0.15, 0.2) is 0 Å². The summed E-state index contributed by atoms with van der Waals surface area (Å²) in [6, 6.07) is 1.24. The highest BCUT2D eigenvalue weighted by atomic mass is 19.4. The fourth-order valence-electron chi connectivity index (χ4n) is 1.58. The Balaban J connectivity index is 3.29. The summed E-state index contributed by atoms with van der Waals surface area (Å²) >= 11 is 0. The molecule has 0 amide bonds. The maximum absolute atomic E-state index is 12.5. The van der Waals surface area contributed by atoms with Crippen LogP contribution in [0.1, 0.15) is 36.7 Å². The molecule has 0 aliphatic carbocycles. The number of halogens is 3. The molecule has 0 N–H and O–H groups in total. The van der Waals surface area contributed by atoms with Gasteiger partial charge in [0.25, 0.3) is 0 Å². The number of hydrogen-bond acceptors (Lipinski definition) is 0. The average Bonchev–Trinajstić information content (AvgIpc) is 2.28. The quantitative estimate of drug-likeness (QED) is 0.661. The van der Waals surface area contributed by atoms with E-state index in [2.05, 4.69) is 0 Å². The average molecular weight is 205 g/mol. The van der Waals surface area contributed by atoms with Gasteiger partial charge in [0, 0.05) is 12.7 Å². The molecule has 80 valence electrons. The molecule has 0 aliphatic heterocycles. The van der Waals surface area contributed by atoms with E-state index in [0.29, 0.717) is 5.69 Å². The number of hydrogen-bond donors (Lipinski definition) is 0. The molecule has 4 heteroatoms. The van der Waals surface area contributed by atoms with Crippen LogP contribution >= 0.6 is 0 Å². The maximum atomic E-state index is 12.5. The molecule has 0 bridgehead atoms. The first-order valence-electron chi connectivity index (χ1n) is 4.48. The highest BCUT2D eigenvalue weighted by molar-refractivity contribution is 5.31. The standard InChI is InChI=1S/C10H14F3N/c1-6(2)8-5-9(10(11,12)13)14(4)7(8)3/h5-6H,1-4H3. The van der Waals surface area contributed by atoms with Gasteiger partial charge in [-0.3, -0.25) is 0 Å². The van der Waals surface area contributed by atoms with Gasteiger partial charge in [-0.05, 0) is 24.5 Å². The van der Waals surface area contributed by atoms with Crippen molar-refractivity contribution >= 4 is 0 Å². The lowest BCUT2D eigenvalue weighted by Gasteiger charge is -2.08. The van der Waals surface area contributed by atoms with Crippen molar-refractivity contribution in [2.45, 2.75) is 32.9 Å². The molecule has 1 heterocycles. The zero-order valence-corrected chi connectivity index (χ0v) is 8.74. The fourth-order valence-corrected chi connectivity index (χ4v) is 1.58. The van der Waals surface area contributed by atoms with Crippen LogP contribution in [0.2, 0.25) is 0 Å². The van der Waals surface area contributed by atoms with Gasteiger partial charge < -0.3 is 4.57 Å².